The summed E-state index contributed by atoms with van der Waals surface area (Å²) in [4.78, 5) is 4.62. The fourth-order valence-electron chi connectivity index (χ4n) is 1.80. The standard InChI is InChI=1S/C15H18N4OS3/c1-9(2)6-16-14-18-19-15(23-14)22-8-11-7-21-13(17-11)12-5-4-10(3)20-12/h4-5,7,9H,6,8H2,1-3H3,(H,16,18). The predicted octanol–water partition coefficient (Wildman–Crippen LogP) is 4.92. The van der Waals surface area contributed by atoms with E-state index in [2.05, 4.69) is 39.7 Å². The van der Waals surface area contributed by atoms with Crippen molar-refractivity contribution in [2.45, 2.75) is 30.9 Å². The number of hydrogen-bond donors (Lipinski definition) is 1. The van der Waals surface area contributed by atoms with Crippen LogP contribution in [0.5, 0.6) is 0 Å². The third kappa shape index (κ3) is 4.55. The lowest BCUT2D eigenvalue weighted by Gasteiger charge is -2.03. The van der Waals surface area contributed by atoms with Crippen LogP contribution in [-0.2, 0) is 5.75 Å². The molecule has 0 unspecified atom stereocenters. The average Bonchev–Trinajstić information content (AvgIpc) is 3.23. The molecule has 122 valence electrons. The van der Waals surface area contributed by atoms with Crippen molar-refractivity contribution in [2.24, 2.45) is 5.92 Å². The van der Waals surface area contributed by atoms with Crippen molar-refractivity contribution in [3.05, 3.63) is 29.0 Å². The smallest absolute Gasteiger partial charge is 0.206 e. The van der Waals surface area contributed by atoms with E-state index >= 15 is 0 Å². The molecule has 8 heteroatoms. The number of thiazole rings is 1. The Labute approximate surface area is 147 Å². The van der Waals surface area contributed by atoms with Crippen LogP contribution in [0.3, 0.4) is 0 Å². The first-order valence-electron chi connectivity index (χ1n) is 7.31. The number of aromatic nitrogens is 3. The summed E-state index contributed by atoms with van der Waals surface area (Å²) < 4.78 is 6.57. The average molecular weight is 367 g/mol. The van der Waals surface area contributed by atoms with Gasteiger partial charge in [-0.3, -0.25) is 0 Å². The molecule has 0 fully saturated rings. The minimum atomic E-state index is 0.591. The molecule has 0 aliphatic heterocycles. The molecule has 0 saturated heterocycles. The molecular formula is C15H18N4OS3. The molecule has 0 saturated carbocycles. The fourth-order valence-corrected chi connectivity index (χ4v) is 4.34. The summed E-state index contributed by atoms with van der Waals surface area (Å²) in [5.74, 6) is 3.12. The van der Waals surface area contributed by atoms with E-state index in [0.29, 0.717) is 5.92 Å². The highest BCUT2D eigenvalue weighted by Crippen LogP contribution is 2.31. The summed E-state index contributed by atoms with van der Waals surface area (Å²) >= 11 is 4.85. The second-order valence-electron chi connectivity index (χ2n) is 5.49. The van der Waals surface area contributed by atoms with Gasteiger partial charge < -0.3 is 9.73 Å². The number of nitrogens with zero attached hydrogens (tertiary/aromatic N) is 3. The Balaban J connectivity index is 1.55. The van der Waals surface area contributed by atoms with Crippen LogP contribution >= 0.6 is 34.4 Å². The van der Waals surface area contributed by atoms with Crippen LogP contribution < -0.4 is 5.32 Å². The summed E-state index contributed by atoms with van der Waals surface area (Å²) in [6, 6.07) is 3.92. The minimum Gasteiger partial charge on any atom is -0.459 e. The van der Waals surface area contributed by atoms with Gasteiger partial charge in [0.2, 0.25) is 5.13 Å². The van der Waals surface area contributed by atoms with E-state index in [-0.39, 0.29) is 0 Å². The van der Waals surface area contributed by atoms with E-state index < -0.39 is 0 Å². The van der Waals surface area contributed by atoms with Crippen LogP contribution in [0.2, 0.25) is 0 Å². The highest BCUT2D eigenvalue weighted by molar-refractivity contribution is 8.00. The zero-order chi connectivity index (χ0) is 16.2. The molecule has 3 aromatic heterocycles. The van der Waals surface area contributed by atoms with Gasteiger partial charge in [0, 0.05) is 17.7 Å². The van der Waals surface area contributed by atoms with Gasteiger partial charge in [-0.25, -0.2) is 4.98 Å². The number of rotatable bonds is 7. The van der Waals surface area contributed by atoms with E-state index in [0.717, 1.165) is 44.0 Å². The molecule has 0 aliphatic carbocycles. The van der Waals surface area contributed by atoms with Crippen LogP contribution in [-0.4, -0.2) is 21.7 Å². The molecule has 0 atom stereocenters. The summed E-state index contributed by atoms with van der Waals surface area (Å²) in [6.07, 6.45) is 0. The number of hydrogen-bond acceptors (Lipinski definition) is 8. The summed E-state index contributed by atoms with van der Waals surface area (Å²) in [5.41, 5.74) is 1.04. The monoisotopic (exact) mass is 366 g/mol. The van der Waals surface area contributed by atoms with Gasteiger partial charge in [0.05, 0.1) is 5.69 Å². The van der Waals surface area contributed by atoms with Crippen LogP contribution in [0.25, 0.3) is 10.8 Å². The number of thioether (sulfide) groups is 1. The summed E-state index contributed by atoms with van der Waals surface area (Å²) in [6.45, 7) is 7.19. The van der Waals surface area contributed by atoms with Crippen molar-refractivity contribution in [3.63, 3.8) is 0 Å². The Morgan fingerprint density at radius 2 is 2.17 bits per heavy atom. The van der Waals surface area contributed by atoms with Crippen LogP contribution in [0.4, 0.5) is 5.13 Å². The van der Waals surface area contributed by atoms with E-state index in [1.54, 1.807) is 34.4 Å². The number of anilines is 1. The van der Waals surface area contributed by atoms with Crippen molar-refractivity contribution in [1.82, 2.24) is 15.2 Å². The molecule has 3 heterocycles. The summed E-state index contributed by atoms with van der Waals surface area (Å²) in [7, 11) is 0. The Kier molecular flexibility index (Phi) is 5.34. The second-order valence-corrected chi connectivity index (χ2v) is 8.55. The van der Waals surface area contributed by atoms with E-state index in [1.165, 1.54) is 0 Å². The van der Waals surface area contributed by atoms with Gasteiger partial charge in [-0.2, -0.15) is 0 Å². The fraction of sp³-hybridized carbons (Fsp3) is 0.400. The van der Waals surface area contributed by atoms with Crippen LogP contribution in [0, 0.1) is 12.8 Å². The highest BCUT2D eigenvalue weighted by Gasteiger charge is 2.10. The molecular weight excluding hydrogens is 348 g/mol. The molecule has 3 rings (SSSR count). The van der Waals surface area contributed by atoms with E-state index in [1.807, 2.05) is 19.1 Å². The van der Waals surface area contributed by atoms with Crippen LogP contribution in [0.15, 0.2) is 26.3 Å². The second kappa shape index (κ2) is 7.46. The highest BCUT2D eigenvalue weighted by atomic mass is 32.2. The lowest BCUT2D eigenvalue weighted by molar-refractivity contribution is 0.548. The van der Waals surface area contributed by atoms with Gasteiger partial charge in [-0.05, 0) is 25.0 Å². The lowest BCUT2D eigenvalue weighted by atomic mass is 10.2. The zero-order valence-corrected chi connectivity index (χ0v) is 15.6. The molecule has 1 N–H and O–H groups in total. The van der Waals surface area contributed by atoms with E-state index in [4.69, 9.17) is 4.42 Å². The van der Waals surface area contributed by atoms with Crippen molar-refractivity contribution < 1.29 is 4.42 Å². The van der Waals surface area contributed by atoms with Gasteiger partial charge in [0.15, 0.2) is 15.1 Å². The Morgan fingerprint density at radius 1 is 1.30 bits per heavy atom. The molecule has 5 nitrogen and oxygen atoms in total. The van der Waals surface area contributed by atoms with Crippen LogP contribution in [0.1, 0.15) is 25.3 Å². The SMILES string of the molecule is Cc1ccc(-c2nc(CSc3nnc(NCC(C)C)s3)cs2)o1. The largest absolute Gasteiger partial charge is 0.459 e. The molecule has 0 spiro atoms. The maximum absolute atomic E-state index is 5.61. The van der Waals surface area contributed by atoms with Crippen molar-refractivity contribution in [1.29, 1.82) is 0 Å². The Bertz CT molecular complexity index is 762. The van der Waals surface area contributed by atoms with Gasteiger partial charge in [-0.1, -0.05) is 36.9 Å². The minimum absolute atomic E-state index is 0.591. The number of aryl methyl sites for hydroxylation is 1. The maximum atomic E-state index is 5.61. The van der Waals surface area contributed by atoms with Crippen molar-refractivity contribution >= 4 is 39.6 Å². The Hall–Kier alpha value is -1.38. The van der Waals surface area contributed by atoms with E-state index in [9.17, 15) is 0 Å². The number of furan rings is 1. The molecule has 0 aliphatic rings. The normalized spacial score (nSPS) is 11.3. The van der Waals surface area contributed by atoms with Gasteiger partial charge >= 0.3 is 0 Å². The zero-order valence-electron chi connectivity index (χ0n) is 13.2. The molecule has 0 amide bonds. The topological polar surface area (TPSA) is 63.8 Å². The number of nitrogens with one attached hydrogen (secondary N) is 1. The van der Waals surface area contributed by atoms with Crippen molar-refractivity contribution in [2.75, 3.05) is 11.9 Å². The van der Waals surface area contributed by atoms with Gasteiger partial charge in [0.1, 0.15) is 5.76 Å². The molecule has 23 heavy (non-hydrogen) atoms. The van der Waals surface area contributed by atoms with Gasteiger partial charge in [0.25, 0.3) is 0 Å². The molecule has 0 bridgehead atoms. The third-order valence-electron chi connectivity index (χ3n) is 2.91. The predicted molar refractivity (Wildman–Crippen MR) is 97.4 cm³/mol. The quantitative estimate of drug-likeness (QED) is 0.599. The summed E-state index contributed by atoms with van der Waals surface area (Å²) in [5, 5.41) is 15.5. The molecule has 0 aromatic carbocycles. The van der Waals surface area contributed by atoms with Gasteiger partial charge in [-0.15, -0.1) is 21.5 Å². The Morgan fingerprint density at radius 3 is 2.91 bits per heavy atom. The first kappa shape index (κ1) is 16.5. The molecule has 0 radical (unpaired) electrons. The lowest BCUT2D eigenvalue weighted by Crippen LogP contribution is -2.07. The molecule has 3 aromatic rings. The third-order valence-corrected chi connectivity index (χ3v) is 5.87. The maximum Gasteiger partial charge on any atom is 0.206 e. The first-order chi connectivity index (χ1) is 11.1. The first-order valence-corrected chi connectivity index (χ1v) is 9.99. The van der Waals surface area contributed by atoms with Crippen molar-refractivity contribution in [3.8, 4) is 10.8 Å².